The molecule has 0 aliphatic carbocycles. The normalized spacial score (nSPS) is 10.9. The number of carbonyl (C=O) groups excluding carboxylic acids is 1. The summed E-state index contributed by atoms with van der Waals surface area (Å²) in [5, 5.41) is 8.68. The van der Waals surface area contributed by atoms with Gasteiger partial charge in [-0.3, -0.25) is 4.79 Å². The van der Waals surface area contributed by atoms with Gasteiger partial charge in [0.05, 0.1) is 11.2 Å². The molecule has 0 saturated carbocycles. The van der Waals surface area contributed by atoms with Crippen LogP contribution >= 0.6 is 0 Å². The van der Waals surface area contributed by atoms with Gasteiger partial charge < -0.3 is 10.1 Å². The number of hydrogen-bond donors (Lipinski definition) is 1. The Bertz CT molecular complexity index is 1510. The van der Waals surface area contributed by atoms with Crippen LogP contribution in [0.5, 0.6) is 11.5 Å². The highest BCUT2D eigenvalue weighted by molar-refractivity contribution is 6.04. The molecule has 0 atom stereocenters. The van der Waals surface area contributed by atoms with Crippen molar-refractivity contribution in [1.29, 1.82) is 0 Å². The number of para-hydroxylation sites is 2. The minimum Gasteiger partial charge on any atom is -0.457 e. The summed E-state index contributed by atoms with van der Waals surface area (Å²) < 4.78 is 7.55. The van der Waals surface area contributed by atoms with E-state index in [2.05, 4.69) is 23.4 Å². The van der Waals surface area contributed by atoms with Crippen LogP contribution in [0.25, 0.3) is 16.7 Å². The molecule has 0 aliphatic rings. The lowest BCUT2D eigenvalue weighted by Crippen LogP contribution is -2.15. The highest BCUT2D eigenvalue weighted by Crippen LogP contribution is 2.26. The van der Waals surface area contributed by atoms with Gasteiger partial charge >= 0.3 is 0 Å². The fourth-order valence-electron chi connectivity index (χ4n) is 3.93. The molecule has 2 aromatic heterocycles. The Balaban J connectivity index is 1.45. The first-order valence-corrected chi connectivity index (χ1v) is 11.1. The summed E-state index contributed by atoms with van der Waals surface area (Å²) in [6, 6.07) is 26.5. The number of anilines is 1. The largest absolute Gasteiger partial charge is 0.457 e. The number of fused-ring (bicyclic) bond motifs is 1. The first kappa shape index (κ1) is 21.4. The van der Waals surface area contributed by atoms with Gasteiger partial charge in [0.2, 0.25) is 0 Å². The zero-order valence-electron chi connectivity index (χ0n) is 19.2. The smallest absolute Gasteiger partial charge is 0.256 e. The molecule has 168 valence electrons. The van der Waals surface area contributed by atoms with Crippen molar-refractivity contribution in [2.45, 2.75) is 20.8 Å². The van der Waals surface area contributed by atoms with Crippen molar-refractivity contribution in [1.82, 2.24) is 14.8 Å². The average Bonchev–Trinajstić information content (AvgIpc) is 3.20. The first-order valence-electron chi connectivity index (χ1n) is 11.1. The van der Waals surface area contributed by atoms with Gasteiger partial charge in [-0.1, -0.05) is 42.5 Å². The molecule has 1 N–H and O–H groups in total. The topological polar surface area (TPSA) is 69.0 Å². The van der Waals surface area contributed by atoms with Crippen molar-refractivity contribution in [3.8, 4) is 17.3 Å². The van der Waals surface area contributed by atoms with Gasteiger partial charge in [0, 0.05) is 17.0 Å². The average molecular weight is 449 g/mol. The maximum atomic E-state index is 13.1. The number of hydrogen-bond acceptors (Lipinski definition) is 4. The number of aryl methyl sites for hydroxylation is 3. The lowest BCUT2D eigenvalue weighted by Gasteiger charge is -2.12. The summed E-state index contributed by atoms with van der Waals surface area (Å²) in [6.45, 7) is 5.99. The van der Waals surface area contributed by atoms with E-state index < -0.39 is 0 Å². The van der Waals surface area contributed by atoms with Crippen LogP contribution < -0.4 is 10.1 Å². The minimum absolute atomic E-state index is 0.256. The van der Waals surface area contributed by atoms with E-state index in [0.29, 0.717) is 28.7 Å². The number of ether oxygens (including phenoxy) is 1. The Morgan fingerprint density at radius 2 is 1.59 bits per heavy atom. The van der Waals surface area contributed by atoms with E-state index in [9.17, 15) is 4.79 Å². The molecule has 0 radical (unpaired) electrons. The van der Waals surface area contributed by atoms with Crippen LogP contribution in [-0.2, 0) is 0 Å². The zero-order valence-corrected chi connectivity index (χ0v) is 19.2. The maximum Gasteiger partial charge on any atom is 0.256 e. The number of benzene rings is 3. The molecule has 3 aromatic carbocycles. The molecule has 0 spiro atoms. The molecule has 0 unspecified atom stereocenters. The second-order valence-corrected chi connectivity index (χ2v) is 8.25. The molecule has 0 bridgehead atoms. The molecule has 5 aromatic rings. The van der Waals surface area contributed by atoms with Crippen molar-refractivity contribution >= 4 is 22.6 Å². The fraction of sp³-hybridized carbons (Fsp3) is 0.107. The van der Waals surface area contributed by atoms with Crippen molar-refractivity contribution < 1.29 is 9.53 Å². The molecule has 5 rings (SSSR count). The van der Waals surface area contributed by atoms with Gasteiger partial charge in [-0.15, -0.1) is 0 Å². The standard InChI is InChI=1S/C28H24N4O2/c1-18-9-7-14-24-19(2)15-25(29-27(18)24)32-26(16-20(3)31-32)30-28(33)21-10-8-13-23(17-21)34-22-11-5-4-6-12-22/h4-17H,1-3H3,(H,30,33). The number of amides is 1. The SMILES string of the molecule is Cc1cc(NC(=O)c2cccc(Oc3ccccc3)c2)n(-c2cc(C)c3cccc(C)c3n2)n1. The fourth-order valence-corrected chi connectivity index (χ4v) is 3.93. The molecular weight excluding hydrogens is 424 g/mol. The van der Waals surface area contributed by atoms with E-state index in [0.717, 1.165) is 27.7 Å². The van der Waals surface area contributed by atoms with Crippen LogP contribution in [-0.4, -0.2) is 20.7 Å². The summed E-state index contributed by atoms with van der Waals surface area (Å²) in [4.78, 5) is 18.0. The van der Waals surface area contributed by atoms with E-state index in [1.54, 1.807) is 22.9 Å². The molecule has 6 heteroatoms. The summed E-state index contributed by atoms with van der Waals surface area (Å²) in [5.74, 6) is 2.25. The third-order valence-electron chi connectivity index (χ3n) is 5.60. The van der Waals surface area contributed by atoms with Crippen LogP contribution in [0.2, 0.25) is 0 Å². The number of nitrogens with zero attached hydrogens (tertiary/aromatic N) is 3. The Hall–Kier alpha value is -4.45. The second-order valence-electron chi connectivity index (χ2n) is 8.25. The number of aromatic nitrogens is 3. The van der Waals surface area contributed by atoms with Gasteiger partial charge in [0.15, 0.2) is 5.82 Å². The lowest BCUT2D eigenvalue weighted by atomic mass is 10.1. The van der Waals surface area contributed by atoms with Crippen LogP contribution in [0.4, 0.5) is 5.82 Å². The van der Waals surface area contributed by atoms with Crippen molar-refractivity contribution in [3.05, 3.63) is 107 Å². The predicted molar refractivity (Wildman–Crippen MR) is 134 cm³/mol. The van der Waals surface area contributed by atoms with E-state index in [1.165, 1.54) is 0 Å². The maximum absolute atomic E-state index is 13.1. The van der Waals surface area contributed by atoms with Crippen LogP contribution in [0.15, 0.2) is 84.9 Å². The third kappa shape index (κ3) is 4.26. The van der Waals surface area contributed by atoms with E-state index in [1.807, 2.05) is 74.5 Å². The van der Waals surface area contributed by atoms with Crippen LogP contribution in [0.1, 0.15) is 27.2 Å². The van der Waals surface area contributed by atoms with E-state index >= 15 is 0 Å². The highest BCUT2D eigenvalue weighted by Gasteiger charge is 2.15. The number of carbonyl (C=O) groups is 1. The third-order valence-corrected chi connectivity index (χ3v) is 5.60. The molecule has 1 amide bonds. The molecular formula is C28H24N4O2. The van der Waals surface area contributed by atoms with Gasteiger partial charge in [0.1, 0.15) is 17.3 Å². The van der Waals surface area contributed by atoms with Crippen LogP contribution in [0, 0.1) is 20.8 Å². The minimum atomic E-state index is -0.256. The Labute approximate surface area is 197 Å². The van der Waals surface area contributed by atoms with Gasteiger partial charge in [-0.05, 0) is 68.3 Å². The number of rotatable bonds is 5. The lowest BCUT2D eigenvalue weighted by molar-refractivity contribution is 0.102. The number of nitrogens with one attached hydrogen (secondary N) is 1. The monoisotopic (exact) mass is 448 g/mol. The van der Waals surface area contributed by atoms with Crippen LogP contribution in [0.3, 0.4) is 0 Å². The zero-order chi connectivity index (χ0) is 23.7. The second kappa shape index (κ2) is 8.83. The Morgan fingerprint density at radius 1 is 0.824 bits per heavy atom. The Morgan fingerprint density at radius 3 is 2.41 bits per heavy atom. The van der Waals surface area contributed by atoms with Crippen molar-refractivity contribution in [2.75, 3.05) is 5.32 Å². The summed E-state index contributed by atoms with van der Waals surface area (Å²) in [5.41, 5.74) is 4.37. The van der Waals surface area contributed by atoms with E-state index in [-0.39, 0.29) is 5.91 Å². The molecule has 0 saturated heterocycles. The highest BCUT2D eigenvalue weighted by atomic mass is 16.5. The summed E-state index contributed by atoms with van der Waals surface area (Å²) in [6.07, 6.45) is 0. The quantitative estimate of drug-likeness (QED) is 0.338. The molecule has 34 heavy (non-hydrogen) atoms. The van der Waals surface area contributed by atoms with Crippen molar-refractivity contribution in [3.63, 3.8) is 0 Å². The molecule has 6 nitrogen and oxygen atoms in total. The molecule has 0 aliphatic heterocycles. The molecule has 2 heterocycles. The first-order chi connectivity index (χ1) is 16.5. The van der Waals surface area contributed by atoms with Gasteiger partial charge in [-0.25, -0.2) is 4.98 Å². The predicted octanol–water partition coefficient (Wildman–Crippen LogP) is 6.39. The summed E-state index contributed by atoms with van der Waals surface area (Å²) >= 11 is 0. The summed E-state index contributed by atoms with van der Waals surface area (Å²) in [7, 11) is 0. The number of pyridine rings is 1. The van der Waals surface area contributed by atoms with E-state index in [4.69, 9.17) is 9.72 Å². The van der Waals surface area contributed by atoms with Crippen molar-refractivity contribution in [2.24, 2.45) is 0 Å². The molecule has 0 fully saturated rings. The van der Waals surface area contributed by atoms with Gasteiger partial charge in [0.25, 0.3) is 5.91 Å². The Kier molecular flexibility index (Phi) is 5.55. The van der Waals surface area contributed by atoms with Gasteiger partial charge in [-0.2, -0.15) is 9.78 Å².